The third-order valence-corrected chi connectivity index (χ3v) is 6.13. The summed E-state index contributed by atoms with van der Waals surface area (Å²) in [5.41, 5.74) is 1.09. The predicted molar refractivity (Wildman–Crippen MR) is 102 cm³/mol. The summed E-state index contributed by atoms with van der Waals surface area (Å²) in [4.78, 5) is 7.90. The second kappa shape index (κ2) is 7.81. The molecular weight excluding hydrogens is 409 g/mol. The fourth-order valence-corrected chi connectivity index (χ4v) is 4.74. The van der Waals surface area contributed by atoms with Crippen LogP contribution in [0, 0.1) is 0 Å². The van der Waals surface area contributed by atoms with Crippen molar-refractivity contribution in [2.75, 3.05) is 0 Å². The fraction of sp³-hybridized carbons (Fsp3) is 0.250. The molecule has 0 saturated heterocycles. The minimum absolute atomic E-state index is 0.0723. The first-order chi connectivity index (χ1) is 13.4. The maximum Gasteiger partial charge on any atom is 0.416 e. The van der Waals surface area contributed by atoms with Crippen molar-refractivity contribution in [1.82, 2.24) is 9.97 Å². The summed E-state index contributed by atoms with van der Waals surface area (Å²) in [6.07, 6.45) is -0.739. The van der Waals surface area contributed by atoms with Crippen LogP contribution in [0.15, 0.2) is 59.8 Å². The normalized spacial score (nSPS) is 19.0. The summed E-state index contributed by atoms with van der Waals surface area (Å²) in [5.74, 6) is 0.779. The monoisotopic (exact) mass is 424 g/mol. The Hall–Kier alpha value is -1.96. The number of aromatic amines is 1. The van der Waals surface area contributed by atoms with E-state index in [2.05, 4.69) is 9.97 Å². The molecule has 1 aliphatic heterocycles. The molecule has 0 spiro atoms. The maximum atomic E-state index is 13.1. The van der Waals surface area contributed by atoms with Crippen LogP contribution in [0.3, 0.4) is 0 Å². The number of aromatic nitrogens is 2. The van der Waals surface area contributed by atoms with Gasteiger partial charge in [0, 0.05) is 34.0 Å². The van der Waals surface area contributed by atoms with Crippen molar-refractivity contribution in [3.05, 3.63) is 82.4 Å². The van der Waals surface area contributed by atoms with Gasteiger partial charge in [-0.3, -0.25) is 0 Å². The Labute approximate surface area is 169 Å². The minimum atomic E-state index is -4.37. The van der Waals surface area contributed by atoms with Gasteiger partial charge in [0.2, 0.25) is 0 Å². The van der Waals surface area contributed by atoms with Gasteiger partial charge in [0.05, 0.1) is 18.3 Å². The number of benzene rings is 2. The molecule has 28 heavy (non-hydrogen) atoms. The molecule has 2 heterocycles. The quantitative estimate of drug-likeness (QED) is 0.541. The molecule has 8 heteroatoms. The molecule has 2 atom stereocenters. The lowest BCUT2D eigenvalue weighted by atomic mass is 10.0. The van der Waals surface area contributed by atoms with Gasteiger partial charge in [-0.2, -0.15) is 13.2 Å². The standard InChI is InChI=1S/C20H16ClF3N2OS/c21-14-4-1-12(2-5-14)11-27-19-15-6-3-13(20(22,23)24)9-16(15)28-17(19)10-18-25-7-8-26-18/h1-9,17,19H,10-11H2,(H,25,26)/t17-,19-/m0/s1. The lowest BCUT2D eigenvalue weighted by Gasteiger charge is -2.20. The van der Waals surface area contributed by atoms with Gasteiger partial charge >= 0.3 is 6.18 Å². The van der Waals surface area contributed by atoms with E-state index in [4.69, 9.17) is 16.3 Å². The Morgan fingerprint density at radius 2 is 1.93 bits per heavy atom. The van der Waals surface area contributed by atoms with Gasteiger partial charge in [0.1, 0.15) is 5.82 Å². The van der Waals surface area contributed by atoms with E-state index in [0.29, 0.717) is 22.9 Å². The number of rotatable bonds is 5. The first-order valence-corrected chi connectivity index (χ1v) is 9.88. The molecule has 0 unspecified atom stereocenters. The second-order valence-electron chi connectivity index (χ2n) is 6.50. The molecular formula is C20H16ClF3N2OS. The highest BCUT2D eigenvalue weighted by molar-refractivity contribution is 8.00. The highest BCUT2D eigenvalue weighted by Crippen LogP contribution is 2.49. The number of hydrogen-bond donors (Lipinski definition) is 1. The number of halogens is 4. The molecule has 0 radical (unpaired) electrons. The van der Waals surface area contributed by atoms with E-state index < -0.39 is 11.7 Å². The fourth-order valence-electron chi connectivity index (χ4n) is 3.19. The zero-order valence-electron chi connectivity index (χ0n) is 14.5. The number of fused-ring (bicyclic) bond motifs is 1. The lowest BCUT2D eigenvalue weighted by molar-refractivity contribution is -0.137. The van der Waals surface area contributed by atoms with Gasteiger partial charge in [0.15, 0.2) is 0 Å². The summed E-state index contributed by atoms with van der Waals surface area (Å²) in [6, 6.07) is 11.2. The highest BCUT2D eigenvalue weighted by atomic mass is 35.5. The smallest absolute Gasteiger partial charge is 0.368 e. The summed E-state index contributed by atoms with van der Waals surface area (Å²) in [7, 11) is 0. The van der Waals surface area contributed by atoms with E-state index in [0.717, 1.165) is 23.0 Å². The topological polar surface area (TPSA) is 37.9 Å². The molecule has 0 aliphatic carbocycles. The van der Waals surface area contributed by atoms with Crippen LogP contribution in [0.5, 0.6) is 0 Å². The number of thioether (sulfide) groups is 1. The van der Waals surface area contributed by atoms with Crippen molar-refractivity contribution in [3.8, 4) is 0 Å². The van der Waals surface area contributed by atoms with Crippen LogP contribution >= 0.6 is 23.4 Å². The van der Waals surface area contributed by atoms with Crippen LogP contribution < -0.4 is 0 Å². The van der Waals surface area contributed by atoms with Crippen LogP contribution in [-0.2, 0) is 23.9 Å². The van der Waals surface area contributed by atoms with Crippen molar-refractivity contribution >= 4 is 23.4 Å². The van der Waals surface area contributed by atoms with Crippen molar-refractivity contribution in [3.63, 3.8) is 0 Å². The second-order valence-corrected chi connectivity index (χ2v) is 8.22. The molecule has 0 fully saturated rings. The Kier molecular flexibility index (Phi) is 5.40. The number of alkyl halides is 3. The molecule has 146 valence electrons. The van der Waals surface area contributed by atoms with Gasteiger partial charge in [0.25, 0.3) is 0 Å². The van der Waals surface area contributed by atoms with Crippen molar-refractivity contribution in [2.45, 2.75) is 35.5 Å². The molecule has 1 N–H and O–H groups in total. The summed E-state index contributed by atoms with van der Waals surface area (Å²) >= 11 is 7.32. The van der Waals surface area contributed by atoms with Crippen molar-refractivity contribution < 1.29 is 17.9 Å². The number of hydrogen-bond acceptors (Lipinski definition) is 3. The summed E-state index contributed by atoms with van der Waals surface area (Å²) < 4.78 is 45.4. The number of ether oxygens (including phenoxy) is 1. The zero-order chi connectivity index (χ0) is 19.7. The van der Waals surface area contributed by atoms with E-state index in [9.17, 15) is 13.2 Å². The van der Waals surface area contributed by atoms with Crippen LogP contribution in [0.25, 0.3) is 0 Å². The van der Waals surface area contributed by atoms with Gasteiger partial charge in [-0.05, 0) is 35.4 Å². The molecule has 0 saturated carbocycles. The van der Waals surface area contributed by atoms with Crippen molar-refractivity contribution in [1.29, 1.82) is 0 Å². The molecule has 1 aliphatic rings. The van der Waals surface area contributed by atoms with E-state index in [1.54, 1.807) is 24.5 Å². The summed E-state index contributed by atoms with van der Waals surface area (Å²) in [5, 5.41) is 0.567. The molecule has 3 aromatic rings. The van der Waals surface area contributed by atoms with E-state index in [1.807, 2.05) is 12.1 Å². The largest absolute Gasteiger partial charge is 0.416 e. The molecule has 0 amide bonds. The van der Waals surface area contributed by atoms with E-state index in [-0.39, 0.29) is 11.4 Å². The molecule has 0 bridgehead atoms. The Morgan fingerprint density at radius 3 is 2.61 bits per heavy atom. The zero-order valence-corrected chi connectivity index (χ0v) is 16.1. The molecule has 2 aromatic carbocycles. The van der Waals surface area contributed by atoms with Gasteiger partial charge in [-0.1, -0.05) is 29.8 Å². The SMILES string of the molecule is FC(F)(F)c1ccc2c(c1)S[C@@H](Cc1ncc[nH]1)[C@H]2OCc1ccc(Cl)cc1. The number of nitrogens with zero attached hydrogens (tertiary/aromatic N) is 1. The van der Waals surface area contributed by atoms with Crippen molar-refractivity contribution in [2.24, 2.45) is 0 Å². The Bertz CT molecular complexity index is 945. The third kappa shape index (κ3) is 4.21. The average Bonchev–Trinajstić information content (AvgIpc) is 3.28. The van der Waals surface area contributed by atoms with Crippen LogP contribution in [-0.4, -0.2) is 15.2 Å². The first-order valence-electron chi connectivity index (χ1n) is 8.62. The predicted octanol–water partition coefficient (Wildman–Crippen LogP) is 6.06. The maximum absolute atomic E-state index is 13.1. The Morgan fingerprint density at radius 1 is 1.14 bits per heavy atom. The molecule has 4 rings (SSSR count). The first kappa shape index (κ1) is 19.4. The molecule has 3 nitrogen and oxygen atoms in total. The molecule has 1 aromatic heterocycles. The minimum Gasteiger partial charge on any atom is -0.368 e. The highest BCUT2D eigenvalue weighted by Gasteiger charge is 2.38. The van der Waals surface area contributed by atoms with Crippen LogP contribution in [0.4, 0.5) is 13.2 Å². The van der Waals surface area contributed by atoms with Gasteiger partial charge in [-0.15, -0.1) is 11.8 Å². The lowest BCUT2D eigenvalue weighted by Crippen LogP contribution is -2.17. The summed E-state index contributed by atoms with van der Waals surface area (Å²) in [6.45, 7) is 0.345. The van der Waals surface area contributed by atoms with E-state index >= 15 is 0 Å². The van der Waals surface area contributed by atoms with Crippen LogP contribution in [0.2, 0.25) is 5.02 Å². The third-order valence-electron chi connectivity index (χ3n) is 4.56. The average molecular weight is 425 g/mol. The number of imidazole rings is 1. The number of nitrogens with one attached hydrogen (secondary N) is 1. The number of H-pyrrole nitrogens is 1. The van der Waals surface area contributed by atoms with E-state index in [1.165, 1.54) is 23.9 Å². The van der Waals surface area contributed by atoms with Gasteiger partial charge in [-0.25, -0.2) is 4.98 Å². The van der Waals surface area contributed by atoms with Crippen LogP contribution in [0.1, 0.15) is 28.6 Å². The Balaban J connectivity index is 1.58. The van der Waals surface area contributed by atoms with Gasteiger partial charge < -0.3 is 9.72 Å².